The van der Waals surface area contributed by atoms with Crippen LogP contribution in [0.25, 0.3) is 22.4 Å². The van der Waals surface area contributed by atoms with Crippen LogP contribution in [0.15, 0.2) is 55.0 Å². The van der Waals surface area contributed by atoms with E-state index in [2.05, 4.69) is 30.1 Å². The molecule has 0 spiro atoms. The Bertz CT molecular complexity index is 1340. The molecule has 9 heteroatoms. The molecule has 0 aliphatic rings. The second-order valence-corrected chi connectivity index (χ2v) is 7.53. The Morgan fingerprint density at radius 3 is 2.86 bits per heavy atom. The number of carbonyl (C=O) groups is 1. The number of rotatable bonds is 5. The van der Waals surface area contributed by atoms with Gasteiger partial charge in [0.2, 0.25) is 5.78 Å². The van der Waals surface area contributed by atoms with Gasteiger partial charge in [0.15, 0.2) is 11.6 Å². The Morgan fingerprint density at radius 2 is 2.00 bits per heavy atom. The zero-order valence-corrected chi connectivity index (χ0v) is 16.0. The number of hydrogen-bond donors (Lipinski definition) is 2. The van der Waals surface area contributed by atoms with E-state index in [0.717, 1.165) is 21.6 Å². The fraction of sp³-hybridized carbons (Fsp3) is 0.0500. The minimum atomic E-state index is -0.227. The first-order valence-electron chi connectivity index (χ1n) is 8.77. The average molecular weight is 402 g/mol. The van der Waals surface area contributed by atoms with Crippen LogP contribution in [0.2, 0.25) is 0 Å². The number of aryl methyl sites for hydroxylation is 1. The Hall–Kier alpha value is -3.85. The first-order chi connectivity index (χ1) is 14.2. The molecule has 2 N–H and O–H groups in total. The number of hydrogen-bond acceptors (Lipinski definition) is 7. The molecule has 8 nitrogen and oxygen atoms in total. The van der Waals surface area contributed by atoms with Crippen molar-refractivity contribution in [3.63, 3.8) is 0 Å². The van der Waals surface area contributed by atoms with Gasteiger partial charge in [-0.25, -0.2) is 15.0 Å². The van der Waals surface area contributed by atoms with E-state index in [9.17, 15) is 4.79 Å². The second-order valence-electron chi connectivity index (χ2n) is 6.29. The molecule has 5 rings (SSSR count). The number of benzene rings is 2. The first-order valence-corrected chi connectivity index (χ1v) is 9.58. The van der Waals surface area contributed by atoms with Gasteiger partial charge in [0, 0.05) is 17.8 Å². The van der Waals surface area contributed by atoms with Gasteiger partial charge in [-0.2, -0.15) is 5.10 Å². The van der Waals surface area contributed by atoms with Gasteiger partial charge in [-0.05, 0) is 31.2 Å². The number of aromatic amines is 2. The molecule has 0 aliphatic carbocycles. The number of imidazole rings is 1. The number of nitrogens with one attached hydrogen (secondary N) is 2. The molecular weight excluding hydrogens is 388 g/mol. The molecule has 0 saturated carbocycles. The number of thiazole rings is 1. The smallest absolute Gasteiger partial charge is 0.241 e. The molecule has 3 aromatic heterocycles. The van der Waals surface area contributed by atoms with E-state index in [-0.39, 0.29) is 11.6 Å². The standard InChI is InChI=1S/C20H14N6O2S/c1-11-21-9-17(29-11)18(27)20-24-19(25-26-20)12-3-2-4-13(7-12)28-14-5-6-15-16(8-14)23-10-22-15/h2-10H,1H3,(H,22,23)(H,24,25,26). The van der Waals surface area contributed by atoms with Crippen LogP contribution < -0.4 is 4.74 Å². The summed E-state index contributed by atoms with van der Waals surface area (Å²) in [5, 5.41) is 7.72. The molecule has 142 valence electrons. The summed E-state index contributed by atoms with van der Waals surface area (Å²) in [5.41, 5.74) is 2.51. The van der Waals surface area contributed by atoms with Crippen molar-refractivity contribution in [1.29, 1.82) is 0 Å². The van der Waals surface area contributed by atoms with Crippen molar-refractivity contribution in [3.8, 4) is 22.9 Å². The van der Waals surface area contributed by atoms with Crippen LogP contribution in [0.5, 0.6) is 11.5 Å². The largest absolute Gasteiger partial charge is 0.457 e. The molecule has 0 aliphatic heterocycles. The van der Waals surface area contributed by atoms with Crippen LogP contribution in [0, 0.1) is 6.92 Å². The van der Waals surface area contributed by atoms with E-state index < -0.39 is 0 Å². The molecule has 29 heavy (non-hydrogen) atoms. The summed E-state index contributed by atoms with van der Waals surface area (Å²) in [5.74, 6) is 1.70. The number of ether oxygens (including phenoxy) is 1. The predicted octanol–water partition coefficient (Wildman–Crippen LogP) is 4.14. The Balaban J connectivity index is 1.39. The quantitative estimate of drug-likeness (QED) is 0.428. The predicted molar refractivity (Wildman–Crippen MR) is 108 cm³/mol. The molecule has 0 radical (unpaired) electrons. The van der Waals surface area contributed by atoms with E-state index in [0.29, 0.717) is 22.2 Å². The maximum Gasteiger partial charge on any atom is 0.241 e. The highest BCUT2D eigenvalue weighted by Crippen LogP contribution is 2.27. The van der Waals surface area contributed by atoms with Gasteiger partial charge in [-0.15, -0.1) is 11.3 Å². The van der Waals surface area contributed by atoms with Crippen LogP contribution in [0.4, 0.5) is 0 Å². The molecule has 0 fully saturated rings. The molecule has 0 unspecified atom stereocenters. The Labute approximate surface area is 168 Å². The van der Waals surface area contributed by atoms with Crippen LogP contribution in [-0.2, 0) is 0 Å². The highest BCUT2D eigenvalue weighted by Gasteiger charge is 2.17. The lowest BCUT2D eigenvalue weighted by Crippen LogP contribution is -2.01. The summed E-state index contributed by atoms with van der Waals surface area (Å²) in [6, 6.07) is 13.0. The average Bonchev–Trinajstić information content (AvgIpc) is 3.48. The minimum Gasteiger partial charge on any atom is -0.457 e. The number of ketones is 1. The topological polar surface area (TPSA) is 109 Å². The molecule has 5 aromatic rings. The van der Waals surface area contributed by atoms with E-state index >= 15 is 0 Å². The number of carbonyl (C=O) groups excluding carboxylic acids is 1. The second kappa shape index (κ2) is 6.95. The zero-order valence-electron chi connectivity index (χ0n) is 15.2. The van der Waals surface area contributed by atoms with Crippen LogP contribution in [0.1, 0.15) is 20.5 Å². The van der Waals surface area contributed by atoms with Crippen molar-refractivity contribution in [2.75, 3.05) is 0 Å². The highest BCUT2D eigenvalue weighted by molar-refractivity contribution is 7.13. The van der Waals surface area contributed by atoms with E-state index in [1.807, 2.05) is 49.4 Å². The summed E-state index contributed by atoms with van der Waals surface area (Å²) in [6.07, 6.45) is 3.19. The molecule has 3 heterocycles. The van der Waals surface area contributed by atoms with E-state index in [4.69, 9.17) is 4.74 Å². The molecular formula is C20H14N6O2S. The van der Waals surface area contributed by atoms with Crippen LogP contribution in [0.3, 0.4) is 0 Å². The third kappa shape index (κ3) is 3.39. The lowest BCUT2D eigenvalue weighted by atomic mass is 10.2. The fourth-order valence-corrected chi connectivity index (χ4v) is 3.61. The Kier molecular flexibility index (Phi) is 4.14. The highest BCUT2D eigenvalue weighted by atomic mass is 32.1. The number of nitrogens with zero attached hydrogens (tertiary/aromatic N) is 4. The van der Waals surface area contributed by atoms with Gasteiger partial charge in [-0.3, -0.25) is 9.89 Å². The lowest BCUT2D eigenvalue weighted by molar-refractivity contribution is 0.103. The summed E-state index contributed by atoms with van der Waals surface area (Å²) < 4.78 is 5.96. The molecule has 0 atom stereocenters. The number of aromatic nitrogens is 6. The van der Waals surface area contributed by atoms with Crippen molar-refractivity contribution in [3.05, 3.63) is 70.7 Å². The maximum absolute atomic E-state index is 12.5. The SMILES string of the molecule is Cc1ncc(C(=O)c2nc(-c3cccc(Oc4ccc5nc[nH]c5c4)c3)n[nH]2)s1. The number of H-pyrrole nitrogens is 2. The number of fused-ring (bicyclic) bond motifs is 1. The van der Waals surface area contributed by atoms with Gasteiger partial charge in [0.25, 0.3) is 0 Å². The molecule has 0 bridgehead atoms. The molecule has 0 amide bonds. The molecule has 0 saturated heterocycles. The third-order valence-electron chi connectivity index (χ3n) is 4.27. The van der Waals surface area contributed by atoms with E-state index in [1.165, 1.54) is 11.3 Å². The zero-order chi connectivity index (χ0) is 19.8. The van der Waals surface area contributed by atoms with Gasteiger partial charge < -0.3 is 9.72 Å². The van der Waals surface area contributed by atoms with Gasteiger partial charge in [0.05, 0.1) is 27.2 Å². The van der Waals surface area contributed by atoms with Gasteiger partial charge >= 0.3 is 0 Å². The first kappa shape index (κ1) is 17.3. The van der Waals surface area contributed by atoms with E-state index in [1.54, 1.807) is 12.5 Å². The Morgan fingerprint density at radius 1 is 1.10 bits per heavy atom. The van der Waals surface area contributed by atoms with Crippen LogP contribution in [-0.4, -0.2) is 35.9 Å². The van der Waals surface area contributed by atoms with Crippen molar-refractivity contribution in [1.82, 2.24) is 30.1 Å². The summed E-state index contributed by atoms with van der Waals surface area (Å²) in [7, 11) is 0. The van der Waals surface area contributed by atoms with Gasteiger partial charge in [-0.1, -0.05) is 12.1 Å². The van der Waals surface area contributed by atoms with Crippen molar-refractivity contribution < 1.29 is 9.53 Å². The minimum absolute atomic E-state index is 0.180. The van der Waals surface area contributed by atoms with Gasteiger partial charge in [0.1, 0.15) is 11.5 Å². The van der Waals surface area contributed by atoms with Crippen LogP contribution >= 0.6 is 11.3 Å². The normalized spacial score (nSPS) is 11.1. The monoisotopic (exact) mass is 402 g/mol. The fourth-order valence-electron chi connectivity index (χ4n) is 2.89. The van der Waals surface area contributed by atoms with Crippen molar-refractivity contribution in [2.45, 2.75) is 6.92 Å². The van der Waals surface area contributed by atoms with Crippen molar-refractivity contribution >= 4 is 28.2 Å². The molecule has 2 aromatic carbocycles. The van der Waals surface area contributed by atoms with Crippen molar-refractivity contribution in [2.24, 2.45) is 0 Å². The summed E-state index contributed by atoms with van der Waals surface area (Å²) in [6.45, 7) is 1.85. The third-order valence-corrected chi connectivity index (χ3v) is 5.18. The summed E-state index contributed by atoms with van der Waals surface area (Å²) in [4.78, 5) is 28.7. The maximum atomic E-state index is 12.5. The summed E-state index contributed by atoms with van der Waals surface area (Å²) >= 11 is 1.33. The lowest BCUT2D eigenvalue weighted by Gasteiger charge is -2.06.